The Bertz CT molecular complexity index is 1630. The molecule has 1 amide bonds. The lowest BCUT2D eigenvalue weighted by atomic mass is 9.73. The number of nitrogens with two attached hydrogens (primary N) is 1. The molecular weight excluding hydrogens is 591 g/mol. The van der Waals surface area contributed by atoms with E-state index >= 15 is 0 Å². The first-order chi connectivity index (χ1) is 22.7. The molecule has 9 heteroatoms. The van der Waals surface area contributed by atoms with Crippen LogP contribution in [0.3, 0.4) is 0 Å². The van der Waals surface area contributed by atoms with Crippen LogP contribution in [-0.2, 0) is 5.41 Å². The van der Waals surface area contributed by atoms with Crippen LogP contribution in [0.2, 0.25) is 0 Å². The number of rotatable bonds is 10. The molecular formula is C38H47FN6O2. The largest absolute Gasteiger partial charge is 0.364 e. The predicted octanol–water partition coefficient (Wildman–Crippen LogP) is 7.12. The van der Waals surface area contributed by atoms with Crippen molar-refractivity contribution in [1.29, 1.82) is 0 Å². The zero-order valence-corrected chi connectivity index (χ0v) is 27.7. The van der Waals surface area contributed by atoms with E-state index in [1.54, 1.807) is 18.3 Å². The fourth-order valence-electron chi connectivity index (χ4n) is 7.90. The fourth-order valence-corrected chi connectivity index (χ4v) is 7.90. The Balaban J connectivity index is 1.04. The van der Waals surface area contributed by atoms with Crippen molar-refractivity contribution >= 4 is 29.0 Å². The number of nitrogens with one attached hydrogen (secondary N) is 1. The van der Waals surface area contributed by atoms with Crippen molar-refractivity contribution < 1.29 is 14.0 Å². The van der Waals surface area contributed by atoms with Gasteiger partial charge in [0.05, 0.1) is 11.8 Å². The van der Waals surface area contributed by atoms with Gasteiger partial charge in [0.1, 0.15) is 11.6 Å². The number of amides is 1. The summed E-state index contributed by atoms with van der Waals surface area (Å²) < 4.78 is 14.9. The molecule has 2 aliphatic carbocycles. The fraction of sp³-hybridized carbons (Fsp3) is 0.526. The van der Waals surface area contributed by atoms with Crippen LogP contribution in [0, 0.1) is 11.7 Å². The number of ketones is 1. The van der Waals surface area contributed by atoms with E-state index in [0.717, 1.165) is 75.5 Å². The Morgan fingerprint density at radius 3 is 2.38 bits per heavy atom. The smallest absolute Gasteiger partial charge is 0.271 e. The lowest BCUT2D eigenvalue weighted by Crippen LogP contribution is -2.48. The molecule has 4 fully saturated rings. The Labute approximate surface area is 277 Å². The van der Waals surface area contributed by atoms with Gasteiger partial charge < -0.3 is 20.9 Å². The van der Waals surface area contributed by atoms with Crippen molar-refractivity contribution in [2.75, 3.05) is 29.9 Å². The van der Waals surface area contributed by atoms with E-state index in [-0.39, 0.29) is 40.8 Å². The molecule has 248 valence electrons. The van der Waals surface area contributed by atoms with Gasteiger partial charge in [-0.15, -0.1) is 0 Å². The highest BCUT2D eigenvalue weighted by atomic mass is 19.1. The summed E-state index contributed by atoms with van der Waals surface area (Å²) in [7, 11) is 0. The number of aromatic nitrogens is 2. The van der Waals surface area contributed by atoms with Gasteiger partial charge in [-0.3, -0.25) is 9.59 Å². The minimum Gasteiger partial charge on any atom is -0.364 e. The maximum absolute atomic E-state index is 14.9. The third kappa shape index (κ3) is 6.64. The highest BCUT2D eigenvalue weighted by Gasteiger charge is 2.36. The highest BCUT2D eigenvalue weighted by Crippen LogP contribution is 2.41. The quantitative estimate of drug-likeness (QED) is 0.228. The second-order valence-corrected chi connectivity index (χ2v) is 14.7. The summed E-state index contributed by atoms with van der Waals surface area (Å²) >= 11 is 0. The van der Waals surface area contributed by atoms with Crippen LogP contribution in [0.1, 0.15) is 116 Å². The van der Waals surface area contributed by atoms with Gasteiger partial charge in [0.2, 0.25) is 0 Å². The van der Waals surface area contributed by atoms with Crippen LogP contribution >= 0.6 is 0 Å². The number of hydrogen-bond donors (Lipinski definition) is 2. The maximum Gasteiger partial charge on any atom is 0.271 e. The standard InChI is InChI=1S/C38H47FN6O2/c1-24-26(22-33(46)31-15-10-27(21-32(31)39)25-8-9-25)5-4-18-45(24)34-23-41-35(36(40)47)37(43-34)42-29-13-11-28(12-14-29)38(2)16-19-44(20-17-38)30-6-3-7-30/h10-15,21,23-26,30H,3-9,16-20,22H2,1-2H3,(H2,40,47)(H,42,43)/t24-,26+/m1/s1. The minimum atomic E-state index is -0.654. The number of benzene rings is 2. The normalized spacial score (nSPS) is 23.3. The zero-order valence-electron chi connectivity index (χ0n) is 27.7. The summed E-state index contributed by atoms with van der Waals surface area (Å²) in [6.07, 6.45) is 12.1. The number of Topliss-reactive ketones (excluding diaryl/α,β-unsaturated/α-hetero) is 1. The second-order valence-electron chi connectivity index (χ2n) is 14.7. The Hall–Kier alpha value is -3.85. The third-order valence-corrected chi connectivity index (χ3v) is 11.6. The van der Waals surface area contributed by atoms with Gasteiger partial charge in [-0.25, -0.2) is 14.4 Å². The van der Waals surface area contributed by atoms with Gasteiger partial charge in [-0.1, -0.05) is 31.5 Å². The summed E-state index contributed by atoms with van der Waals surface area (Å²) in [4.78, 5) is 39.7. The van der Waals surface area contributed by atoms with Gasteiger partial charge in [-0.2, -0.15) is 0 Å². The molecule has 0 radical (unpaired) electrons. The van der Waals surface area contributed by atoms with Gasteiger partial charge >= 0.3 is 0 Å². The second kappa shape index (κ2) is 13.0. The number of carbonyl (C=O) groups excluding carboxylic acids is 2. The van der Waals surface area contributed by atoms with Gasteiger partial charge in [0, 0.05) is 30.7 Å². The van der Waals surface area contributed by atoms with Gasteiger partial charge in [0.25, 0.3) is 5.91 Å². The minimum absolute atomic E-state index is 0.0289. The molecule has 4 aliphatic rings. The molecule has 7 rings (SSSR count). The summed E-state index contributed by atoms with van der Waals surface area (Å²) in [5.74, 6) is 0.160. The van der Waals surface area contributed by atoms with Crippen LogP contribution in [0.25, 0.3) is 0 Å². The van der Waals surface area contributed by atoms with Crippen molar-refractivity contribution in [1.82, 2.24) is 14.9 Å². The molecule has 2 aromatic carbocycles. The molecule has 8 nitrogen and oxygen atoms in total. The van der Waals surface area contributed by atoms with E-state index in [2.05, 4.69) is 46.1 Å². The number of primary amides is 1. The first-order valence-electron chi connectivity index (χ1n) is 17.6. The SMILES string of the molecule is C[C@@H]1[C@H](CC(=O)c2ccc(C3CC3)cc2F)CCCN1c1cnc(C(N)=O)c(Nc2ccc(C3(C)CCN(C4CCC4)CC3)cc2)n1. The molecule has 2 saturated heterocycles. The number of piperidine rings is 2. The number of carbonyl (C=O) groups is 2. The first-order valence-corrected chi connectivity index (χ1v) is 17.6. The summed E-state index contributed by atoms with van der Waals surface area (Å²) in [5.41, 5.74) is 9.24. The van der Waals surface area contributed by atoms with E-state index in [1.165, 1.54) is 24.8 Å². The van der Waals surface area contributed by atoms with Crippen molar-refractivity contribution in [2.45, 2.75) is 101 Å². The molecule has 2 aliphatic heterocycles. The van der Waals surface area contributed by atoms with Crippen LogP contribution < -0.4 is 16.0 Å². The number of anilines is 3. The van der Waals surface area contributed by atoms with Crippen LogP contribution in [0.5, 0.6) is 0 Å². The van der Waals surface area contributed by atoms with Crippen LogP contribution in [0.4, 0.5) is 21.7 Å². The van der Waals surface area contributed by atoms with E-state index < -0.39 is 11.7 Å². The predicted molar refractivity (Wildman–Crippen MR) is 183 cm³/mol. The molecule has 0 spiro atoms. The molecule has 1 aromatic heterocycles. The molecule has 2 atom stereocenters. The monoisotopic (exact) mass is 638 g/mol. The zero-order chi connectivity index (χ0) is 32.7. The van der Waals surface area contributed by atoms with Crippen molar-refractivity contribution in [3.63, 3.8) is 0 Å². The number of hydrogen-bond acceptors (Lipinski definition) is 7. The molecule has 47 heavy (non-hydrogen) atoms. The van der Waals surface area contributed by atoms with Crippen molar-refractivity contribution in [3.8, 4) is 0 Å². The first kappa shape index (κ1) is 31.7. The van der Waals surface area contributed by atoms with Gasteiger partial charge in [0.15, 0.2) is 17.3 Å². The Kier molecular flexibility index (Phi) is 8.76. The molecule has 3 heterocycles. The van der Waals surface area contributed by atoms with E-state index in [9.17, 15) is 14.0 Å². The topological polar surface area (TPSA) is 104 Å². The molecule has 3 N–H and O–H groups in total. The molecule has 2 saturated carbocycles. The van der Waals surface area contributed by atoms with Crippen LogP contribution in [0.15, 0.2) is 48.7 Å². The lowest BCUT2D eigenvalue weighted by molar-refractivity contribution is 0.0773. The lowest BCUT2D eigenvalue weighted by Gasteiger charge is -2.45. The van der Waals surface area contributed by atoms with Gasteiger partial charge in [-0.05, 0) is 124 Å². The van der Waals surface area contributed by atoms with E-state index in [0.29, 0.717) is 17.6 Å². The number of nitrogens with zero attached hydrogens (tertiary/aromatic N) is 4. The molecule has 0 bridgehead atoms. The summed E-state index contributed by atoms with van der Waals surface area (Å²) in [6.45, 7) is 7.50. The average molecular weight is 639 g/mol. The Morgan fingerprint density at radius 2 is 1.74 bits per heavy atom. The maximum atomic E-state index is 14.9. The van der Waals surface area contributed by atoms with E-state index in [4.69, 9.17) is 10.7 Å². The van der Waals surface area contributed by atoms with Crippen molar-refractivity contribution in [3.05, 3.63) is 76.9 Å². The number of halogens is 1. The summed E-state index contributed by atoms with van der Waals surface area (Å²) in [5, 5.41) is 3.31. The molecule has 0 unspecified atom stereocenters. The van der Waals surface area contributed by atoms with Crippen molar-refractivity contribution in [2.24, 2.45) is 11.7 Å². The average Bonchev–Trinajstić information content (AvgIpc) is 3.88. The summed E-state index contributed by atoms with van der Waals surface area (Å²) in [6, 6.07) is 14.3. The highest BCUT2D eigenvalue weighted by molar-refractivity contribution is 5.97. The van der Waals surface area contributed by atoms with E-state index in [1.807, 2.05) is 18.2 Å². The number of likely N-dealkylation sites (tertiary alicyclic amines) is 1. The molecule has 3 aromatic rings. The Morgan fingerprint density at radius 1 is 1.00 bits per heavy atom. The van der Waals surface area contributed by atoms with Crippen LogP contribution in [-0.4, -0.2) is 58.3 Å². The third-order valence-electron chi connectivity index (χ3n) is 11.6.